The first-order valence-corrected chi connectivity index (χ1v) is 13.6. The van der Waals surface area contributed by atoms with E-state index in [0.717, 1.165) is 4.88 Å². The molecule has 35 heavy (non-hydrogen) atoms. The van der Waals surface area contributed by atoms with Gasteiger partial charge in [0.15, 0.2) is 0 Å². The molecule has 180 valence electrons. The maximum atomic E-state index is 13.0. The number of benzene rings is 1. The Morgan fingerprint density at radius 1 is 1.06 bits per heavy atom. The van der Waals surface area contributed by atoms with Crippen LogP contribution in [0.15, 0.2) is 94.5 Å². The van der Waals surface area contributed by atoms with Gasteiger partial charge in [-0.25, -0.2) is 23.1 Å². The Bertz CT molecular complexity index is 1350. The Kier molecular flexibility index (Phi) is 8.95. The van der Waals surface area contributed by atoms with Gasteiger partial charge in [-0.3, -0.25) is 9.59 Å². The van der Waals surface area contributed by atoms with Gasteiger partial charge >= 0.3 is 0 Å². The maximum absolute atomic E-state index is 13.0. The second-order valence-corrected chi connectivity index (χ2v) is 10.2. The minimum absolute atomic E-state index is 0.0288. The third-order valence-corrected chi connectivity index (χ3v) is 7.17. The predicted molar refractivity (Wildman–Crippen MR) is 140 cm³/mol. The van der Waals surface area contributed by atoms with Crippen LogP contribution in [0.25, 0.3) is 6.08 Å². The van der Waals surface area contributed by atoms with Gasteiger partial charge < -0.3 is 10.6 Å². The summed E-state index contributed by atoms with van der Waals surface area (Å²) >= 11 is 2.63. The molecule has 0 unspecified atom stereocenters. The van der Waals surface area contributed by atoms with Gasteiger partial charge in [-0.2, -0.15) is 0 Å². The molecular formula is C23H21N5O4S3. The fraction of sp³-hybridized carbons (Fsp3) is 0.0435. The quantitative estimate of drug-likeness (QED) is 0.270. The normalized spacial score (nSPS) is 12.0. The van der Waals surface area contributed by atoms with Gasteiger partial charge in [0.05, 0.1) is 9.80 Å². The fourth-order valence-corrected chi connectivity index (χ4v) is 4.73. The van der Waals surface area contributed by atoms with E-state index in [-0.39, 0.29) is 16.5 Å². The Balaban J connectivity index is 1.77. The van der Waals surface area contributed by atoms with Crippen LogP contribution in [0.2, 0.25) is 0 Å². The minimum Gasteiger partial charge on any atom is -0.321 e. The largest absolute Gasteiger partial charge is 0.321 e. The van der Waals surface area contributed by atoms with E-state index in [1.54, 1.807) is 24.5 Å². The van der Waals surface area contributed by atoms with E-state index in [1.165, 1.54) is 65.8 Å². The van der Waals surface area contributed by atoms with Crippen LogP contribution in [0.1, 0.15) is 4.88 Å². The van der Waals surface area contributed by atoms with E-state index in [9.17, 15) is 18.0 Å². The molecule has 0 atom stereocenters. The average molecular weight is 528 g/mol. The number of hydrogen-bond donors (Lipinski definition) is 3. The van der Waals surface area contributed by atoms with E-state index in [4.69, 9.17) is 0 Å². The standard InChI is InChI=1S/C23H21N5O4S3/c1-3-6-20(33-2)22(30)27-19(15-17-7-4-14-34-17)21(29)26-16-8-10-18(11-9-16)35(31,32)28-23-24-12-5-13-25-23/h3-15H,1H2,2H3,(H,26,29)(H,27,30)(H,24,25,28)/b19-15+,20-6-. The summed E-state index contributed by atoms with van der Waals surface area (Å²) < 4.78 is 27.4. The molecule has 0 aliphatic heterocycles. The van der Waals surface area contributed by atoms with Crippen LogP contribution in [0.4, 0.5) is 11.6 Å². The van der Waals surface area contributed by atoms with E-state index in [0.29, 0.717) is 10.6 Å². The Morgan fingerprint density at radius 3 is 2.37 bits per heavy atom. The third-order valence-electron chi connectivity index (χ3n) is 4.25. The minimum atomic E-state index is -3.91. The summed E-state index contributed by atoms with van der Waals surface area (Å²) in [6.07, 6.45) is 9.17. The second-order valence-electron chi connectivity index (χ2n) is 6.65. The fourth-order valence-electron chi connectivity index (χ4n) is 2.65. The van der Waals surface area contributed by atoms with Gasteiger partial charge in [-0.05, 0) is 60.2 Å². The summed E-state index contributed by atoms with van der Waals surface area (Å²) in [6.45, 7) is 3.59. The lowest BCUT2D eigenvalue weighted by Crippen LogP contribution is -2.31. The van der Waals surface area contributed by atoms with Crippen molar-refractivity contribution < 1.29 is 18.0 Å². The SMILES string of the molecule is C=C/C=C(\SC)C(=O)N/C(=C/c1cccs1)C(=O)Nc1ccc(S(=O)(=O)Nc2ncccn2)cc1. The number of amides is 2. The zero-order valence-corrected chi connectivity index (χ0v) is 20.9. The highest BCUT2D eigenvalue weighted by Crippen LogP contribution is 2.19. The molecule has 0 saturated heterocycles. The van der Waals surface area contributed by atoms with Crippen LogP contribution in [0.5, 0.6) is 0 Å². The number of carbonyl (C=O) groups is 2. The van der Waals surface area contributed by atoms with Crippen molar-refractivity contribution in [3.05, 3.63) is 94.4 Å². The lowest BCUT2D eigenvalue weighted by Gasteiger charge is -2.12. The van der Waals surface area contributed by atoms with E-state index >= 15 is 0 Å². The number of anilines is 2. The summed E-state index contributed by atoms with van der Waals surface area (Å²) in [5.74, 6) is -1.08. The predicted octanol–water partition coefficient (Wildman–Crippen LogP) is 3.87. The highest BCUT2D eigenvalue weighted by molar-refractivity contribution is 8.03. The van der Waals surface area contributed by atoms with E-state index in [1.807, 2.05) is 17.5 Å². The van der Waals surface area contributed by atoms with Gasteiger partial charge in [0.25, 0.3) is 21.8 Å². The van der Waals surface area contributed by atoms with E-state index < -0.39 is 21.8 Å². The molecule has 0 spiro atoms. The Hall–Kier alpha value is -3.74. The van der Waals surface area contributed by atoms with E-state index in [2.05, 4.69) is 31.9 Å². The second kappa shape index (κ2) is 12.1. The molecule has 3 aromatic rings. The van der Waals surface area contributed by atoms with Crippen molar-refractivity contribution in [2.75, 3.05) is 16.3 Å². The molecule has 3 rings (SSSR count). The van der Waals surface area contributed by atoms with Crippen LogP contribution in [-0.2, 0) is 19.6 Å². The molecule has 0 radical (unpaired) electrons. The number of aromatic nitrogens is 2. The van der Waals surface area contributed by atoms with Crippen LogP contribution < -0.4 is 15.4 Å². The van der Waals surface area contributed by atoms with Crippen molar-refractivity contribution in [1.29, 1.82) is 0 Å². The number of hydrogen-bond acceptors (Lipinski definition) is 8. The number of thioether (sulfide) groups is 1. The molecule has 0 fully saturated rings. The number of carbonyl (C=O) groups excluding carboxylic acids is 2. The first kappa shape index (κ1) is 25.9. The number of nitrogens with one attached hydrogen (secondary N) is 3. The van der Waals surface area contributed by atoms with Crippen molar-refractivity contribution in [2.24, 2.45) is 0 Å². The van der Waals surface area contributed by atoms with Gasteiger partial charge in [0, 0.05) is 23.0 Å². The zero-order chi connectivity index (χ0) is 25.3. The summed E-state index contributed by atoms with van der Waals surface area (Å²) in [5, 5.41) is 7.16. The molecule has 0 aliphatic carbocycles. The molecule has 2 aromatic heterocycles. The van der Waals surface area contributed by atoms with Gasteiger partial charge in [-0.15, -0.1) is 23.1 Å². The highest BCUT2D eigenvalue weighted by atomic mass is 32.2. The molecule has 0 aliphatic rings. The first-order chi connectivity index (χ1) is 16.8. The molecule has 3 N–H and O–H groups in total. The number of nitrogens with zero attached hydrogens (tertiary/aromatic N) is 2. The van der Waals surface area contributed by atoms with Crippen molar-refractivity contribution in [1.82, 2.24) is 15.3 Å². The first-order valence-electron chi connectivity index (χ1n) is 9.97. The Labute approximate surface area is 211 Å². The lowest BCUT2D eigenvalue weighted by molar-refractivity contribution is -0.119. The van der Waals surface area contributed by atoms with Gasteiger partial charge in [0.2, 0.25) is 5.95 Å². The molecule has 2 heterocycles. The van der Waals surface area contributed by atoms with Crippen molar-refractivity contribution in [3.63, 3.8) is 0 Å². The zero-order valence-electron chi connectivity index (χ0n) is 18.5. The molecule has 0 saturated carbocycles. The lowest BCUT2D eigenvalue weighted by atomic mass is 10.2. The molecule has 0 bridgehead atoms. The summed E-state index contributed by atoms with van der Waals surface area (Å²) in [4.78, 5) is 34.4. The number of thiophene rings is 1. The van der Waals surface area contributed by atoms with Crippen LogP contribution in [0.3, 0.4) is 0 Å². The summed E-state index contributed by atoms with van der Waals surface area (Å²) in [7, 11) is -3.91. The average Bonchev–Trinajstić information content (AvgIpc) is 3.36. The molecule has 1 aromatic carbocycles. The van der Waals surface area contributed by atoms with Gasteiger partial charge in [0.1, 0.15) is 5.70 Å². The van der Waals surface area contributed by atoms with Crippen LogP contribution in [0, 0.1) is 0 Å². The third kappa shape index (κ3) is 7.37. The number of rotatable bonds is 10. The number of allylic oxidation sites excluding steroid dienone is 2. The number of sulfonamides is 1. The Morgan fingerprint density at radius 2 is 1.77 bits per heavy atom. The van der Waals surface area contributed by atoms with Crippen molar-refractivity contribution in [3.8, 4) is 0 Å². The van der Waals surface area contributed by atoms with Crippen molar-refractivity contribution in [2.45, 2.75) is 4.90 Å². The smallest absolute Gasteiger partial charge is 0.272 e. The topological polar surface area (TPSA) is 130 Å². The summed E-state index contributed by atoms with van der Waals surface area (Å²) in [6, 6.07) is 10.7. The van der Waals surface area contributed by atoms with Gasteiger partial charge in [-0.1, -0.05) is 18.7 Å². The maximum Gasteiger partial charge on any atom is 0.272 e. The monoisotopic (exact) mass is 527 g/mol. The molecule has 2 amide bonds. The molecule has 9 nitrogen and oxygen atoms in total. The van der Waals surface area contributed by atoms with Crippen LogP contribution in [-0.4, -0.2) is 36.5 Å². The highest BCUT2D eigenvalue weighted by Gasteiger charge is 2.18. The van der Waals surface area contributed by atoms with Crippen molar-refractivity contribution >= 4 is 62.6 Å². The molecular weight excluding hydrogens is 506 g/mol. The summed E-state index contributed by atoms with van der Waals surface area (Å²) in [5.41, 5.74) is 0.365. The molecule has 12 heteroatoms. The van der Waals surface area contributed by atoms with Crippen LogP contribution >= 0.6 is 23.1 Å².